The van der Waals surface area contributed by atoms with Gasteiger partial charge < -0.3 is 19.5 Å². The predicted molar refractivity (Wildman–Crippen MR) is 120 cm³/mol. The maximum atomic E-state index is 11.9. The number of aromatic nitrogens is 1. The first-order valence-corrected chi connectivity index (χ1v) is 10.2. The number of nitrogens with zero attached hydrogens (tertiary/aromatic N) is 2. The molecule has 0 aliphatic rings. The van der Waals surface area contributed by atoms with E-state index in [0.29, 0.717) is 10.7 Å². The zero-order chi connectivity index (χ0) is 23.1. The fourth-order valence-electron chi connectivity index (χ4n) is 2.77. The van der Waals surface area contributed by atoms with Crippen molar-refractivity contribution in [2.24, 2.45) is 0 Å². The maximum Gasteiger partial charge on any atom is 0.337 e. The summed E-state index contributed by atoms with van der Waals surface area (Å²) >= 11 is 1.32. The molecule has 0 unspecified atom stereocenters. The van der Waals surface area contributed by atoms with Crippen molar-refractivity contribution in [2.45, 2.75) is 0 Å². The van der Waals surface area contributed by atoms with Gasteiger partial charge in [0.05, 0.1) is 38.2 Å². The molecule has 1 aromatic heterocycles. The van der Waals surface area contributed by atoms with Gasteiger partial charge in [0.15, 0.2) is 0 Å². The van der Waals surface area contributed by atoms with E-state index in [2.05, 4.69) is 16.4 Å². The fourth-order valence-corrected chi connectivity index (χ4v) is 3.57. The second-order valence-corrected chi connectivity index (χ2v) is 7.22. The molecule has 0 aliphatic carbocycles. The molecule has 0 saturated heterocycles. The van der Waals surface area contributed by atoms with E-state index in [9.17, 15) is 14.9 Å². The monoisotopic (exact) mass is 449 g/mol. The summed E-state index contributed by atoms with van der Waals surface area (Å²) in [6.45, 7) is 0. The number of benzene rings is 2. The van der Waals surface area contributed by atoms with Crippen LogP contribution in [0.3, 0.4) is 0 Å². The number of thiazole rings is 1. The molecule has 0 spiro atoms. The molecule has 0 aliphatic heterocycles. The van der Waals surface area contributed by atoms with E-state index in [4.69, 9.17) is 14.2 Å². The lowest BCUT2D eigenvalue weighted by molar-refractivity contribution is 0.0599. The Labute approximate surface area is 188 Å². The molecule has 32 heavy (non-hydrogen) atoms. The molecule has 0 bridgehead atoms. The van der Waals surface area contributed by atoms with Gasteiger partial charge in [0, 0.05) is 22.8 Å². The Morgan fingerprint density at radius 3 is 2.19 bits per heavy atom. The highest BCUT2D eigenvalue weighted by molar-refractivity contribution is 7.11. The lowest BCUT2D eigenvalue weighted by atomic mass is 10.1. The van der Waals surface area contributed by atoms with Crippen molar-refractivity contribution < 1.29 is 23.8 Å². The van der Waals surface area contributed by atoms with Crippen LogP contribution in [0.25, 0.3) is 16.8 Å². The molecule has 3 aromatic rings. The van der Waals surface area contributed by atoms with Gasteiger partial charge in [-0.25, -0.2) is 14.6 Å². The number of ether oxygens (including phenoxy) is 3. The van der Waals surface area contributed by atoms with Gasteiger partial charge in [0.2, 0.25) is 0 Å². The Morgan fingerprint density at radius 2 is 1.66 bits per heavy atom. The Balaban J connectivity index is 1.87. The molecule has 162 valence electrons. The Kier molecular flexibility index (Phi) is 7.21. The number of nitriles is 1. The molecule has 2 aromatic carbocycles. The summed E-state index contributed by atoms with van der Waals surface area (Å²) in [5, 5.41) is 14.9. The van der Waals surface area contributed by atoms with Crippen LogP contribution in [0.1, 0.15) is 25.7 Å². The van der Waals surface area contributed by atoms with E-state index in [1.165, 1.54) is 50.0 Å². The summed E-state index contributed by atoms with van der Waals surface area (Å²) in [7, 11) is 4.09. The zero-order valence-electron chi connectivity index (χ0n) is 17.5. The van der Waals surface area contributed by atoms with E-state index in [1.807, 2.05) is 29.6 Å². The standard InChI is InChI=1S/C23H19N3O5S/c1-29-19-6-4-14(5-7-19)20-13-32-21(26-20)17(11-24)12-25-18-9-15(22(27)30-2)8-16(10-18)23(28)31-3/h4-10,12-13,25H,1-3H3/b17-12+. The van der Waals surface area contributed by atoms with Crippen LogP contribution in [-0.2, 0) is 9.47 Å². The van der Waals surface area contributed by atoms with Crippen LogP contribution in [-0.4, -0.2) is 38.3 Å². The number of methoxy groups -OCH3 is 3. The number of hydrogen-bond donors (Lipinski definition) is 1. The summed E-state index contributed by atoms with van der Waals surface area (Å²) in [5.41, 5.74) is 2.66. The van der Waals surface area contributed by atoms with Crippen molar-refractivity contribution in [3.8, 4) is 23.1 Å². The molecule has 0 amide bonds. The number of allylic oxidation sites excluding steroid dienone is 1. The fraction of sp³-hybridized carbons (Fsp3) is 0.130. The van der Waals surface area contributed by atoms with Crippen LogP contribution in [0.5, 0.6) is 5.75 Å². The Bertz CT molecular complexity index is 1170. The molecule has 1 heterocycles. The summed E-state index contributed by atoms with van der Waals surface area (Å²) in [5.74, 6) is -0.466. The molecular weight excluding hydrogens is 430 g/mol. The summed E-state index contributed by atoms with van der Waals surface area (Å²) in [6.07, 6.45) is 1.47. The predicted octanol–water partition coefficient (Wildman–Crippen LogP) is 4.37. The van der Waals surface area contributed by atoms with E-state index in [0.717, 1.165) is 17.0 Å². The third-order valence-corrected chi connectivity index (χ3v) is 5.27. The smallest absolute Gasteiger partial charge is 0.337 e. The van der Waals surface area contributed by atoms with Crippen LogP contribution in [0, 0.1) is 11.3 Å². The Morgan fingerprint density at radius 1 is 1.03 bits per heavy atom. The van der Waals surface area contributed by atoms with Crippen molar-refractivity contribution in [3.05, 3.63) is 70.2 Å². The van der Waals surface area contributed by atoms with Crippen molar-refractivity contribution >= 4 is 34.5 Å². The highest BCUT2D eigenvalue weighted by atomic mass is 32.1. The third kappa shape index (κ3) is 5.11. The number of esters is 2. The minimum Gasteiger partial charge on any atom is -0.497 e. The minimum absolute atomic E-state index is 0.167. The molecule has 1 N–H and O–H groups in total. The number of rotatable bonds is 7. The summed E-state index contributed by atoms with van der Waals surface area (Å²) in [4.78, 5) is 28.4. The van der Waals surface area contributed by atoms with Crippen molar-refractivity contribution in [2.75, 3.05) is 26.6 Å². The van der Waals surface area contributed by atoms with Gasteiger partial charge in [0.25, 0.3) is 0 Å². The SMILES string of the molecule is COC(=O)c1cc(N/C=C(\C#N)c2nc(-c3ccc(OC)cc3)cs2)cc(C(=O)OC)c1. The molecule has 0 radical (unpaired) electrons. The second kappa shape index (κ2) is 10.2. The number of carbonyl (C=O) groups is 2. The quantitative estimate of drug-likeness (QED) is 0.418. The normalized spacial score (nSPS) is 10.8. The first-order valence-electron chi connectivity index (χ1n) is 9.28. The second-order valence-electron chi connectivity index (χ2n) is 6.36. The largest absolute Gasteiger partial charge is 0.497 e. The van der Waals surface area contributed by atoms with Crippen molar-refractivity contribution in [3.63, 3.8) is 0 Å². The minimum atomic E-state index is -0.604. The first kappa shape index (κ1) is 22.5. The average molecular weight is 449 g/mol. The number of anilines is 1. The lowest BCUT2D eigenvalue weighted by Gasteiger charge is -2.08. The van der Waals surface area contributed by atoms with Crippen LogP contribution >= 0.6 is 11.3 Å². The third-order valence-electron chi connectivity index (χ3n) is 4.40. The lowest BCUT2D eigenvalue weighted by Crippen LogP contribution is -2.07. The van der Waals surface area contributed by atoms with Crippen LogP contribution in [0.2, 0.25) is 0 Å². The van der Waals surface area contributed by atoms with Crippen LogP contribution in [0.15, 0.2) is 54.0 Å². The maximum absolute atomic E-state index is 11.9. The van der Waals surface area contributed by atoms with Crippen LogP contribution < -0.4 is 10.1 Å². The average Bonchev–Trinajstić information content (AvgIpc) is 3.33. The van der Waals surface area contributed by atoms with E-state index in [-0.39, 0.29) is 16.7 Å². The van der Waals surface area contributed by atoms with Gasteiger partial charge in [-0.2, -0.15) is 5.26 Å². The van der Waals surface area contributed by atoms with Gasteiger partial charge in [-0.3, -0.25) is 0 Å². The topological polar surface area (TPSA) is 111 Å². The molecule has 9 heteroatoms. The van der Waals surface area contributed by atoms with Gasteiger partial charge in [0.1, 0.15) is 22.4 Å². The molecular formula is C23H19N3O5S. The molecule has 8 nitrogen and oxygen atoms in total. The molecule has 0 atom stereocenters. The number of carbonyl (C=O) groups excluding carboxylic acids is 2. The zero-order valence-corrected chi connectivity index (χ0v) is 18.4. The van der Waals surface area contributed by atoms with E-state index in [1.54, 1.807) is 7.11 Å². The van der Waals surface area contributed by atoms with Crippen molar-refractivity contribution in [1.29, 1.82) is 5.26 Å². The highest BCUT2D eigenvalue weighted by Gasteiger charge is 2.14. The highest BCUT2D eigenvalue weighted by Crippen LogP contribution is 2.27. The first-order chi connectivity index (χ1) is 15.5. The van der Waals surface area contributed by atoms with E-state index < -0.39 is 11.9 Å². The number of nitrogens with one attached hydrogen (secondary N) is 1. The van der Waals surface area contributed by atoms with Gasteiger partial charge >= 0.3 is 11.9 Å². The Hall–Kier alpha value is -4.16. The molecule has 0 saturated carbocycles. The summed E-state index contributed by atoms with van der Waals surface area (Å²) in [6, 6.07) is 14.0. The van der Waals surface area contributed by atoms with Gasteiger partial charge in [-0.05, 0) is 42.5 Å². The van der Waals surface area contributed by atoms with Crippen molar-refractivity contribution in [1.82, 2.24) is 4.98 Å². The van der Waals surface area contributed by atoms with Gasteiger partial charge in [-0.15, -0.1) is 11.3 Å². The van der Waals surface area contributed by atoms with Crippen LogP contribution in [0.4, 0.5) is 5.69 Å². The van der Waals surface area contributed by atoms with Gasteiger partial charge in [-0.1, -0.05) is 0 Å². The summed E-state index contributed by atoms with van der Waals surface area (Å²) < 4.78 is 14.6. The molecule has 0 fully saturated rings. The van der Waals surface area contributed by atoms with E-state index >= 15 is 0 Å². The molecule has 3 rings (SSSR count). The number of hydrogen-bond acceptors (Lipinski definition) is 9.